The highest BCUT2D eigenvalue weighted by atomic mass is 19.1. The molecule has 3 aromatic rings. The number of aryl methyl sites for hydroxylation is 2. The van der Waals surface area contributed by atoms with Gasteiger partial charge in [-0.25, -0.2) is 4.39 Å². The molecule has 0 fully saturated rings. The Hall–Kier alpha value is -3.41. The molecule has 0 unspecified atom stereocenters. The molecule has 0 bridgehead atoms. The Morgan fingerprint density at radius 1 is 1.14 bits per heavy atom. The number of fused-ring (bicyclic) bond motifs is 1. The number of halogens is 1. The number of carbonyl (C=O) groups is 1. The molecule has 4 rings (SSSR count). The van der Waals surface area contributed by atoms with Gasteiger partial charge in [0.05, 0.1) is 11.8 Å². The standard InChI is InChI=1S/C23H21FN2O3/c1-3-15-11-16(18-12-22-21(10-14(18)2)28-8-9-29-22)4-5-20(15)26-23(27)17-6-7-25-13-19(17)24/h4-7,10-13H,3,8-9H2,1-2H3,(H,26,27). The third-order valence-corrected chi connectivity index (χ3v) is 4.95. The van der Waals surface area contributed by atoms with Crippen LogP contribution in [0.25, 0.3) is 11.1 Å². The minimum atomic E-state index is -0.647. The number of hydrogen-bond acceptors (Lipinski definition) is 4. The van der Waals surface area contributed by atoms with E-state index in [2.05, 4.69) is 10.3 Å². The van der Waals surface area contributed by atoms with Gasteiger partial charge in [0, 0.05) is 11.9 Å². The van der Waals surface area contributed by atoms with Crippen molar-refractivity contribution in [3.63, 3.8) is 0 Å². The summed E-state index contributed by atoms with van der Waals surface area (Å²) in [6.07, 6.45) is 3.14. The second kappa shape index (κ2) is 7.91. The maximum absolute atomic E-state index is 13.8. The van der Waals surface area contributed by atoms with E-state index in [0.29, 0.717) is 25.3 Å². The van der Waals surface area contributed by atoms with E-state index >= 15 is 0 Å². The molecular weight excluding hydrogens is 371 g/mol. The Bertz CT molecular complexity index is 1080. The number of pyridine rings is 1. The molecule has 0 saturated carbocycles. The van der Waals surface area contributed by atoms with Gasteiger partial charge in [-0.2, -0.15) is 0 Å². The van der Waals surface area contributed by atoms with Crippen molar-refractivity contribution in [3.05, 3.63) is 71.3 Å². The molecular formula is C23H21FN2O3. The number of nitrogens with zero attached hydrogens (tertiary/aromatic N) is 1. The van der Waals surface area contributed by atoms with Crippen LogP contribution in [0.4, 0.5) is 10.1 Å². The van der Waals surface area contributed by atoms with Crippen LogP contribution in [-0.4, -0.2) is 24.1 Å². The number of aromatic nitrogens is 1. The van der Waals surface area contributed by atoms with E-state index in [1.54, 1.807) is 0 Å². The van der Waals surface area contributed by atoms with Crippen LogP contribution >= 0.6 is 0 Å². The Morgan fingerprint density at radius 2 is 1.90 bits per heavy atom. The van der Waals surface area contributed by atoms with Gasteiger partial charge in [-0.1, -0.05) is 13.0 Å². The normalized spacial score (nSPS) is 12.5. The first kappa shape index (κ1) is 18.9. The summed E-state index contributed by atoms with van der Waals surface area (Å²) in [7, 11) is 0. The average Bonchev–Trinajstić information content (AvgIpc) is 2.74. The van der Waals surface area contributed by atoms with Crippen LogP contribution in [0.2, 0.25) is 0 Å². The highest BCUT2D eigenvalue weighted by Gasteiger charge is 2.17. The lowest BCUT2D eigenvalue weighted by Gasteiger charge is -2.21. The molecule has 2 heterocycles. The molecule has 148 valence electrons. The van der Waals surface area contributed by atoms with E-state index in [1.807, 2.05) is 44.2 Å². The summed E-state index contributed by atoms with van der Waals surface area (Å²) in [6.45, 7) is 5.13. The van der Waals surface area contributed by atoms with Crippen LogP contribution in [0.3, 0.4) is 0 Å². The zero-order valence-corrected chi connectivity index (χ0v) is 16.3. The summed E-state index contributed by atoms with van der Waals surface area (Å²) < 4.78 is 25.2. The van der Waals surface area contributed by atoms with E-state index in [4.69, 9.17) is 9.47 Å². The van der Waals surface area contributed by atoms with Gasteiger partial charge in [-0.05, 0) is 65.9 Å². The van der Waals surface area contributed by atoms with E-state index in [0.717, 1.165) is 39.9 Å². The van der Waals surface area contributed by atoms with Crippen molar-refractivity contribution >= 4 is 11.6 Å². The molecule has 6 heteroatoms. The molecule has 0 saturated heterocycles. The zero-order chi connectivity index (χ0) is 20.4. The number of anilines is 1. The van der Waals surface area contributed by atoms with Crippen LogP contribution in [-0.2, 0) is 6.42 Å². The molecule has 1 aromatic heterocycles. The molecule has 0 atom stereocenters. The average molecular weight is 392 g/mol. The highest BCUT2D eigenvalue weighted by molar-refractivity contribution is 6.04. The number of carbonyl (C=O) groups excluding carboxylic acids is 1. The molecule has 1 amide bonds. The summed E-state index contributed by atoms with van der Waals surface area (Å²) >= 11 is 0. The molecule has 5 nitrogen and oxygen atoms in total. The second-order valence-electron chi connectivity index (χ2n) is 6.85. The summed E-state index contributed by atoms with van der Waals surface area (Å²) in [4.78, 5) is 16.1. The largest absolute Gasteiger partial charge is 0.486 e. The predicted octanol–water partition coefficient (Wildman–Crippen LogP) is 4.78. The lowest BCUT2D eigenvalue weighted by molar-refractivity contribution is 0.102. The second-order valence-corrected chi connectivity index (χ2v) is 6.85. The van der Waals surface area contributed by atoms with Gasteiger partial charge < -0.3 is 14.8 Å². The van der Waals surface area contributed by atoms with Crippen molar-refractivity contribution in [2.24, 2.45) is 0 Å². The zero-order valence-electron chi connectivity index (χ0n) is 16.3. The first-order chi connectivity index (χ1) is 14.1. The fourth-order valence-corrected chi connectivity index (χ4v) is 3.43. The minimum absolute atomic E-state index is 0.0335. The molecule has 0 aliphatic carbocycles. The monoisotopic (exact) mass is 392 g/mol. The van der Waals surface area contributed by atoms with Crippen LogP contribution in [0.5, 0.6) is 11.5 Å². The highest BCUT2D eigenvalue weighted by Crippen LogP contribution is 2.38. The van der Waals surface area contributed by atoms with Crippen molar-refractivity contribution < 1.29 is 18.7 Å². The third kappa shape index (κ3) is 3.78. The van der Waals surface area contributed by atoms with Gasteiger partial charge in [0.1, 0.15) is 13.2 Å². The molecule has 0 radical (unpaired) electrons. The van der Waals surface area contributed by atoms with Gasteiger partial charge in [-0.15, -0.1) is 0 Å². The fourth-order valence-electron chi connectivity index (χ4n) is 3.43. The number of amides is 1. The Morgan fingerprint density at radius 3 is 2.62 bits per heavy atom. The van der Waals surface area contributed by atoms with E-state index in [9.17, 15) is 9.18 Å². The predicted molar refractivity (Wildman–Crippen MR) is 109 cm³/mol. The lowest BCUT2D eigenvalue weighted by atomic mass is 9.96. The number of hydrogen-bond donors (Lipinski definition) is 1. The van der Waals surface area contributed by atoms with Crippen LogP contribution in [0.15, 0.2) is 48.8 Å². The summed E-state index contributed by atoms with van der Waals surface area (Å²) in [5, 5.41) is 2.81. The van der Waals surface area contributed by atoms with E-state index in [1.165, 1.54) is 12.3 Å². The minimum Gasteiger partial charge on any atom is -0.486 e. The van der Waals surface area contributed by atoms with Crippen molar-refractivity contribution in [2.75, 3.05) is 18.5 Å². The summed E-state index contributed by atoms with van der Waals surface area (Å²) in [5.74, 6) is 0.353. The Kier molecular flexibility index (Phi) is 5.16. The third-order valence-electron chi connectivity index (χ3n) is 4.95. The van der Waals surface area contributed by atoms with Gasteiger partial charge in [0.25, 0.3) is 5.91 Å². The van der Waals surface area contributed by atoms with Crippen molar-refractivity contribution in [1.29, 1.82) is 0 Å². The molecule has 0 spiro atoms. The SMILES string of the molecule is CCc1cc(-c2cc3c(cc2C)OCCO3)ccc1NC(=O)c1ccncc1F. The van der Waals surface area contributed by atoms with Gasteiger partial charge >= 0.3 is 0 Å². The van der Waals surface area contributed by atoms with Gasteiger partial charge in [0.2, 0.25) is 0 Å². The van der Waals surface area contributed by atoms with Crippen LogP contribution in [0, 0.1) is 12.7 Å². The number of ether oxygens (including phenoxy) is 2. The van der Waals surface area contributed by atoms with Gasteiger partial charge in [-0.3, -0.25) is 9.78 Å². The molecule has 29 heavy (non-hydrogen) atoms. The van der Waals surface area contributed by atoms with Crippen LogP contribution in [0.1, 0.15) is 28.4 Å². The first-order valence-corrected chi connectivity index (χ1v) is 9.51. The maximum atomic E-state index is 13.8. The maximum Gasteiger partial charge on any atom is 0.258 e. The van der Waals surface area contributed by atoms with Crippen molar-refractivity contribution in [2.45, 2.75) is 20.3 Å². The molecule has 1 aliphatic rings. The topological polar surface area (TPSA) is 60.5 Å². The quantitative estimate of drug-likeness (QED) is 0.694. The number of nitrogens with one attached hydrogen (secondary N) is 1. The summed E-state index contributed by atoms with van der Waals surface area (Å²) in [5.41, 5.74) is 4.72. The molecule has 1 aliphatic heterocycles. The van der Waals surface area contributed by atoms with Gasteiger partial charge in [0.15, 0.2) is 17.3 Å². The molecule has 1 N–H and O–H groups in total. The van der Waals surface area contributed by atoms with E-state index in [-0.39, 0.29) is 5.56 Å². The Labute approximate surface area is 168 Å². The van der Waals surface area contributed by atoms with E-state index < -0.39 is 11.7 Å². The molecule has 2 aromatic carbocycles. The lowest BCUT2D eigenvalue weighted by Crippen LogP contribution is -2.15. The van der Waals surface area contributed by atoms with Crippen molar-refractivity contribution in [3.8, 4) is 22.6 Å². The van der Waals surface area contributed by atoms with Crippen molar-refractivity contribution in [1.82, 2.24) is 4.98 Å². The number of benzene rings is 2. The first-order valence-electron chi connectivity index (χ1n) is 9.51. The fraction of sp³-hybridized carbons (Fsp3) is 0.217. The Balaban J connectivity index is 1.65. The number of rotatable bonds is 4. The smallest absolute Gasteiger partial charge is 0.258 e. The van der Waals surface area contributed by atoms with Crippen LogP contribution < -0.4 is 14.8 Å². The summed E-state index contributed by atoms with van der Waals surface area (Å²) in [6, 6.07) is 11.2.